The van der Waals surface area contributed by atoms with Gasteiger partial charge in [0.1, 0.15) is 13.2 Å². The van der Waals surface area contributed by atoms with E-state index in [4.69, 9.17) is 14.2 Å². The summed E-state index contributed by atoms with van der Waals surface area (Å²) >= 11 is 0. The molecular weight excluding hydrogens is 937 g/mol. The quantitative estimate of drug-likeness (QED) is 0.0261. The Morgan fingerprint density at radius 3 is 0.750 bits per heavy atom. The van der Waals surface area contributed by atoms with E-state index in [2.05, 4.69) is 69.4 Å². The van der Waals surface area contributed by atoms with Crippen LogP contribution in [-0.4, -0.2) is 37.2 Å². The lowest BCUT2D eigenvalue weighted by molar-refractivity contribution is -0.167. The first kappa shape index (κ1) is 73.4. The van der Waals surface area contributed by atoms with Crippen molar-refractivity contribution in [3.05, 3.63) is 48.6 Å². The molecule has 0 bridgehead atoms. The second-order valence-electron chi connectivity index (χ2n) is 22.7. The van der Waals surface area contributed by atoms with Gasteiger partial charge in [-0.2, -0.15) is 0 Å². The van der Waals surface area contributed by atoms with E-state index >= 15 is 0 Å². The SMILES string of the molecule is CCCCCC/C=C\C/C=C\CCCCCCCCCC(=O)OCC(COC(=O)CCCCCCCCCCC/C=C\CCCCCCCCCC)OC(=O)CCCCCCCCCCC/C=C\CCCCCCCC. The number of ether oxygens (including phenoxy) is 3. The van der Waals surface area contributed by atoms with Gasteiger partial charge in [0.2, 0.25) is 0 Å². The Hall–Kier alpha value is -2.63. The number of rotatable bonds is 62. The number of esters is 3. The highest BCUT2D eigenvalue weighted by atomic mass is 16.6. The second kappa shape index (κ2) is 64.9. The fraction of sp³-hybridized carbons (Fsp3) is 0.843. The molecule has 1 unspecified atom stereocenters. The van der Waals surface area contributed by atoms with E-state index in [0.717, 1.165) is 70.6 Å². The monoisotopic (exact) mass is 1060 g/mol. The third-order valence-corrected chi connectivity index (χ3v) is 15.0. The first-order valence-electron chi connectivity index (χ1n) is 33.6. The molecule has 0 saturated heterocycles. The molecule has 0 spiro atoms. The van der Waals surface area contributed by atoms with Crippen molar-refractivity contribution in [1.29, 1.82) is 0 Å². The van der Waals surface area contributed by atoms with Gasteiger partial charge in [-0.25, -0.2) is 0 Å². The molecule has 0 aromatic rings. The highest BCUT2D eigenvalue weighted by molar-refractivity contribution is 5.71. The van der Waals surface area contributed by atoms with Crippen molar-refractivity contribution >= 4 is 17.9 Å². The minimum Gasteiger partial charge on any atom is -0.462 e. The summed E-state index contributed by atoms with van der Waals surface area (Å²) in [6.07, 6.45) is 81.2. The lowest BCUT2D eigenvalue weighted by Crippen LogP contribution is -2.30. The van der Waals surface area contributed by atoms with Gasteiger partial charge < -0.3 is 14.2 Å². The summed E-state index contributed by atoms with van der Waals surface area (Å²) < 4.78 is 17.0. The zero-order chi connectivity index (χ0) is 55.0. The van der Waals surface area contributed by atoms with Crippen LogP contribution in [0.2, 0.25) is 0 Å². The Balaban J connectivity index is 4.35. The maximum absolute atomic E-state index is 12.9. The van der Waals surface area contributed by atoms with Crippen LogP contribution in [0, 0.1) is 0 Å². The van der Waals surface area contributed by atoms with Gasteiger partial charge in [0.25, 0.3) is 0 Å². The van der Waals surface area contributed by atoms with Crippen molar-refractivity contribution in [1.82, 2.24) is 0 Å². The molecule has 0 aliphatic heterocycles. The van der Waals surface area contributed by atoms with Gasteiger partial charge in [0, 0.05) is 19.3 Å². The smallest absolute Gasteiger partial charge is 0.306 e. The van der Waals surface area contributed by atoms with Crippen LogP contribution in [0.15, 0.2) is 48.6 Å². The molecule has 0 aliphatic rings. The molecule has 0 N–H and O–H groups in total. The Morgan fingerprint density at radius 1 is 0.263 bits per heavy atom. The summed E-state index contributed by atoms with van der Waals surface area (Å²) in [6, 6.07) is 0. The fourth-order valence-corrected chi connectivity index (χ4v) is 9.94. The summed E-state index contributed by atoms with van der Waals surface area (Å²) in [4.78, 5) is 38.4. The van der Waals surface area contributed by atoms with Crippen LogP contribution >= 0.6 is 0 Å². The van der Waals surface area contributed by atoms with Crippen LogP contribution in [0.1, 0.15) is 361 Å². The Kier molecular flexibility index (Phi) is 62.6. The van der Waals surface area contributed by atoms with E-state index in [1.54, 1.807) is 0 Å². The van der Waals surface area contributed by atoms with E-state index in [1.165, 1.54) is 250 Å². The normalized spacial score (nSPS) is 12.3. The Labute approximate surface area is 473 Å². The molecule has 0 fully saturated rings. The predicted molar refractivity (Wildman–Crippen MR) is 330 cm³/mol. The molecule has 6 nitrogen and oxygen atoms in total. The third-order valence-electron chi connectivity index (χ3n) is 15.0. The Morgan fingerprint density at radius 2 is 0.474 bits per heavy atom. The highest BCUT2D eigenvalue weighted by Gasteiger charge is 2.19. The lowest BCUT2D eigenvalue weighted by atomic mass is 10.1. The van der Waals surface area contributed by atoms with Crippen LogP contribution in [0.4, 0.5) is 0 Å². The Bertz CT molecular complexity index is 1310. The molecule has 0 saturated carbocycles. The van der Waals surface area contributed by atoms with Gasteiger partial charge in [-0.15, -0.1) is 0 Å². The van der Waals surface area contributed by atoms with Gasteiger partial charge in [-0.3, -0.25) is 14.4 Å². The summed E-state index contributed by atoms with van der Waals surface area (Å²) in [5, 5.41) is 0. The molecule has 76 heavy (non-hydrogen) atoms. The molecule has 0 heterocycles. The zero-order valence-electron chi connectivity index (χ0n) is 51.0. The summed E-state index contributed by atoms with van der Waals surface area (Å²) in [5.74, 6) is -0.864. The average molecular weight is 1070 g/mol. The summed E-state index contributed by atoms with van der Waals surface area (Å²) in [6.45, 7) is 6.67. The predicted octanol–water partition coefficient (Wildman–Crippen LogP) is 22.9. The molecular formula is C70H128O6. The lowest BCUT2D eigenvalue weighted by Gasteiger charge is -2.18. The van der Waals surface area contributed by atoms with Crippen LogP contribution in [0.25, 0.3) is 0 Å². The fourth-order valence-electron chi connectivity index (χ4n) is 9.94. The maximum Gasteiger partial charge on any atom is 0.306 e. The number of hydrogen-bond acceptors (Lipinski definition) is 6. The van der Waals surface area contributed by atoms with Gasteiger partial charge in [-0.05, 0) is 103 Å². The van der Waals surface area contributed by atoms with Crippen molar-refractivity contribution < 1.29 is 28.6 Å². The van der Waals surface area contributed by atoms with Gasteiger partial charge in [0.05, 0.1) is 0 Å². The topological polar surface area (TPSA) is 78.9 Å². The van der Waals surface area contributed by atoms with Crippen molar-refractivity contribution in [2.24, 2.45) is 0 Å². The molecule has 0 rings (SSSR count). The standard InChI is InChI=1S/C70H128O6/c1-4-7-10-13-16-19-22-25-28-31-34-35-37-39-42-45-48-51-54-57-60-63-69(72)75-66-67(65-74-68(71)62-59-56-53-50-47-44-41-38-33-30-27-24-21-18-15-12-9-6-3)76-70(73)64-61-58-55-52-49-46-43-40-36-32-29-26-23-20-17-14-11-8-5-2/h21,24,26,29-31,33-34,67H,4-20,22-23,25,27-28,32,35-66H2,1-3H3/b24-21-,29-26-,33-30-,34-31-. The van der Waals surface area contributed by atoms with E-state index in [-0.39, 0.29) is 31.1 Å². The summed E-state index contributed by atoms with van der Waals surface area (Å²) in [5.41, 5.74) is 0. The van der Waals surface area contributed by atoms with E-state index in [9.17, 15) is 14.4 Å². The molecule has 0 aromatic carbocycles. The molecule has 0 aliphatic carbocycles. The van der Waals surface area contributed by atoms with E-state index in [0.29, 0.717) is 19.3 Å². The average Bonchev–Trinajstić information content (AvgIpc) is 3.42. The van der Waals surface area contributed by atoms with Crippen LogP contribution in [-0.2, 0) is 28.6 Å². The maximum atomic E-state index is 12.9. The van der Waals surface area contributed by atoms with Gasteiger partial charge in [0.15, 0.2) is 6.10 Å². The first-order valence-corrected chi connectivity index (χ1v) is 33.6. The molecule has 0 amide bonds. The summed E-state index contributed by atoms with van der Waals surface area (Å²) in [7, 11) is 0. The molecule has 444 valence electrons. The van der Waals surface area contributed by atoms with Crippen molar-refractivity contribution in [3.8, 4) is 0 Å². The van der Waals surface area contributed by atoms with Crippen molar-refractivity contribution in [3.63, 3.8) is 0 Å². The van der Waals surface area contributed by atoms with Crippen LogP contribution in [0.3, 0.4) is 0 Å². The number of carbonyl (C=O) groups excluding carboxylic acids is 3. The highest BCUT2D eigenvalue weighted by Crippen LogP contribution is 2.17. The molecule has 0 radical (unpaired) electrons. The minimum absolute atomic E-state index is 0.0750. The number of allylic oxidation sites excluding steroid dienone is 8. The zero-order valence-corrected chi connectivity index (χ0v) is 51.0. The molecule has 6 heteroatoms. The van der Waals surface area contributed by atoms with Crippen molar-refractivity contribution in [2.45, 2.75) is 367 Å². The minimum atomic E-state index is -0.779. The van der Waals surface area contributed by atoms with E-state index in [1.807, 2.05) is 0 Å². The number of hydrogen-bond donors (Lipinski definition) is 0. The van der Waals surface area contributed by atoms with Gasteiger partial charge >= 0.3 is 17.9 Å². The third kappa shape index (κ3) is 62.2. The largest absolute Gasteiger partial charge is 0.462 e. The van der Waals surface area contributed by atoms with Crippen molar-refractivity contribution in [2.75, 3.05) is 13.2 Å². The first-order chi connectivity index (χ1) is 37.5. The molecule has 1 atom stereocenters. The molecule has 0 aromatic heterocycles. The van der Waals surface area contributed by atoms with Crippen LogP contribution in [0.5, 0.6) is 0 Å². The van der Waals surface area contributed by atoms with Crippen LogP contribution < -0.4 is 0 Å². The van der Waals surface area contributed by atoms with E-state index < -0.39 is 6.10 Å². The number of unbranched alkanes of at least 4 members (excludes halogenated alkanes) is 43. The second-order valence-corrected chi connectivity index (χ2v) is 22.7. The number of carbonyl (C=O) groups is 3. The van der Waals surface area contributed by atoms with Gasteiger partial charge in [-0.1, -0.05) is 288 Å².